The van der Waals surface area contributed by atoms with Crippen LogP contribution in [0.5, 0.6) is 0 Å². The fraction of sp³-hybridized carbons (Fsp3) is 0.270. The van der Waals surface area contributed by atoms with Crippen LogP contribution in [0.1, 0.15) is 80.0 Å². The van der Waals surface area contributed by atoms with Crippen LogP contribution >= 0.6 is 23.1 Å². The number of amides is 3. The van der Waals surface area contributed by atoms with Gasteiger partial charge in [-0.2, -0.15) is 0 Å². The van der Waals surface area contributed by atoms with E-state index in [1.165, 1.54) is 35.2 Å². The summed E-state index contributed by atoms with van der Waals surface area (Å²) in [5.41, 5.74) is 1.37. The summed E-state index contributed by atoms with van der Waals surface area (Å²) >= 11 is 2.48. The quantitative estimate of drug-likeness (QED) is 0.111. The van der Waals surface area contributed by atoms with Crippen molar-refractivity contribution >= 4 is 63.6 Å². The van der Waals surface area contributed by atoms with Crippen LogP contribution in [0.4, 0.5) is 15.5 Å². The highest BCUT2D eigenvalue weighted by Gasteiger charge is 2.34. The third kappa shape index (κ3) is 8.71. The standard InChI is InChI=1S/C37H37N3O8S2/c1-5-47-35(45)29-27-18-19-40(36(46)48-37(2,3)4)21-28(27)50-33(29)39-32(42)30(22-12-7-6-8-13-22)49-24-15-11-14-23(20-24)38-31(41)25-16-9-10-17-26(25)34(43)44/h6-17,20,30H,5,18-19,21H2,1-4H3,(H,38,41)(H,39,42)(H,43,44). The van der Waals surface area contributed by atoms with Crippen molar-refractivity contribution in [3.8, 4) is 0 Å². The lowest BCUT2D eigenvalue weighted by Crippen LogP contribution is -2.39. The molecule has 1 aromatic heterocycles. The Labute approximate surface area is 298 Å². The van der Waals surface area contributed by atoms with Crippen molar-refractivity contribution in [2.45, 2.75) is 56.4 Å². The van der Waals surface area contributed by atoms with E-state index in [-0.39, 0.29) is 35.7 Å². The number of aromatic carboxylic acids is 1. The Morgan fingerprint density at radius 3 is 2.32 bits per heavy atom. The summed E-state index contributed by atoms with van der Waals surface area (Å²) in [6.45, 7) is 7.83. The molecule has 13 heteroatoms. The number of anilines is 2. The molecule has 0 bridgehead atoms. The number of rotatable bonds is 10. The summed E-state index contributed by atoms with van der Waals surface area (Å²) in [6, 6.07) is 22.0. The van der Waals surface area contributed by atoms with E-state index in [1.54, 1.807) is 69.0 Å². The van der Waals surface area contributed by atoms with Gasteiger partial charge >= 0.3 is 18.0 Å². The number of ether oxygens (including phenoxy) is 2. The van der Waals surface area contributed by atoms with Gasteiger partial charge in [0.25, 0.3) is 5.91 Å². The average Bonchev–Trinajstić information content (AvgIpc) is 3.44. The van der Waals surface area contributed by atoms with Crippen LogP contribution in [0.2, 0.25) is 0 Å². The van der Waals surface area contributed by atoms with Gasteiger partial charge in [0, 0.05) is 22.0 Å². The third-order valence-electron chi connectivity index (χ3n) is 7.51. The maximum atomic E-state index is 14.2. The summed E-state index contributed by atoms with van der Waals surface area (Å²) < 4.78 is 11.0. The van der Waals surface area contributed by atoms with Crippen molar-refractivity contribution in [3.05, 3.63) is 112 Å². The van der Waals surface area contributed by atoms with E-state index in [0.717, 1.165) is 10.4 Å². The van der Waals surface area contributed by atoms with Crippen LogP contribution in [-0.2, 0) is 27.2 Å². The smallest absolute Gasteiger partial charge is 0.410 e. The molecule has 1 aliphatic rings. The summed E-state index contributed by atoms with van der Waals surface area (Å²) in [4.78, 5) is 67.9. The SMILES string of the molecule is CCOC(=O)c1c(NC(=O)C(Sc2cccc(NC(=O)c3ccccc3C(=O)O)c2)c2ccccc2)sc2c1CCN(C(=O)OC(C)(C)C)C2. The van der Waals surface area contributed by atoms with Crippen molar-refractivity contribution < 1.29 is 38.6 Å². The first kappa shape index (κ1) is 36.1. The first-order valence-electron chi connectivity index (χ1n) is 15.9. The number of hydrogen-bond acceptors (Lipinski definition) is 9. The van der Waals surface area contributed by atoms with E-state index in [1.807, 2.05) is 30.3 Å². The molecular weight excluding hydrogens is 679 g/mol. The van der Waals surface area contributed by atoms with Gasteiger partial charge in [-0.15, -0.1) is 23.1 Å². The molecule has 3 amide bonds. The molecule has 0 radical (unpaired) electrons. The molecule has 1 aliphatic heterocycles. The molecule has 2 heterocycles. The first-order valence-corrected chi connectivity index (χ1v) is 17.6. The predicted molar refractivity (Wildman–Crippen MR) is 192 cm³/mol. The number of carboxylic acids is 1. The number of carbonyl (C=O) groups excluding carboxylic acids is 4. The van der Waals surface area contributed by atoms with E-state index in [0.29, 0.717) is 34.1 Å². The van der Waals surface area contributed by atoms with Crippen LogP contribution in [0.3, 0.4) is 0 Å². The number of nitrogens with one attached hydrogen (secondary N) is 2. The number of thioether (sulfide) groups is 1. The number of esters is 1. The predicted octanol–water partition coefficient (Wildman–Crippen LogP) is 7.64. The van der Waals surface area contributed by atoms with Gasteiger partial charge in [0.05, 0.1) is 29.8 Å². The molecule has 1 atom stereocenters. The van der Waals surface area contributed by atoms with Crippen LogP contribution in [0.25, 0.3) is 0 Å². The van der Waals surface area contributed by atoms with Crippen LogP contribution in [0, 0.1) is 0 Å². The fourth-order valence-electron chi connectivity index (χ4n) is 5.32. The van der Waals surface area contributed by atoms with Gasteiger partial charge in [-0.1, -0.05) is 48.5 Å². The molecule has 4 aromatic rings. The Balaban J connectivity index is 1.41. The molecule has 0 saturated heterocycles. The molecule has 11 nitrogen and oxygen atoms in total. The van der Waals surface area contributed by atoms with Crippen molar-refractivity contribution in [3.63, 3.8) is 0 Å². The summed E-state index contributed by atoms with van der Waals surface area (Å²) in [5, 5.41) is 14.8. The Morgan fingerprint density at radius 1 is 0.940 bits per heavy atom. The Hall–Kier alpha value is -5.14. The Morgan fingerprint density at radius 2 is 1.64 bits per heavy atom. The molecule has 50 heavy (non-hydrogen) atoms. The Kier molecular flexibility index (Phi) is 11.3. The summed E-state index contributed by atoms with van der Waals surface area (Å²) in [7, 11) is 0. The molecule has 260 valence electrons. The van der Waals surface area contributed by atoms with Gasteiger partial charge in [-0.25, -0.2) is 14.4 Å². The molecule has 0 saturated carbocycles. The minimum atomic E-state index is -1.21. The van der Waals surface area contributed by atoms with Crippen molar-refractivity contribution in [2.24, 2.45) is 0 Å². The van der Waals surface area contributed by atoms with Gasteiger partial charge < -0.3 is 30.1 Å². The number of benzene rings is 3. The van der Waals surface area contributed by atoms with Gasteiger partial charge in [-0.3, -0.25) is 9.59 Å². The maximum absolute atomic E-state index is 14.2. The highest BCUT2D eigenvalue weighted by atomic mass is 32.2. The monoisotopic (exact) mass is 715 g/mol. The molecule has 0 fully saturated rings. The zero-order chi connectivity index (χ0) is 36.0. The molecule has 1 unspecified atom stereocenters. The highest BCUT2D eigenvalue weighted by Crippen LogP contribution is 2.41. The second-order valence-corrected chi connectivity index (χ2v) is 14.6. The lowest BCUT2D eigenvalue weighted by molar-refractivity contribution is -0.115. The molecule has 0 spiro atoms. The number of hydrogen-bond donors (Lipinski definition) is 3. The second-order valence-electron chi connectivity index (χ2n) is 12.3. The van der Waals surface area contributed by atoms with Crippen molar-refractivity contribution in [1.29, 1.82) is 0 Å². The van der Waals surface area contributed by atoms with Crippen molar-refractivity contribution in [2.75, 3.05) is 23.8 Å². The number of carbonyl (C=O) groups is 5. The zero-order valence-corrected chi connectivity index (χ0v) is 29.6. The number of fused-ring (bicyclic) bond motifs is 1. The molecule has 5 rings (SSSR count). The number of thiophene rings is 1. The molecule has 3 N–H and O–H groups in total. The average molecular weight is 716 g/mol. The normalized spacial score (nSPS) is 13.1. The third-order valence-corrected chi connectivity index (χ3v) is 9.89. The summed E-state index contributed by atoms with van der Waals surface area (Å²) in [5.74, 6) is -2.74. The van der Waals surface area contributed by atoms with Crippen LogP contribution in [0.15, 0.2) is 83.8 Å². The number of carboxylic acid groups (broad SMARTS) is 1. The van der Waals surface area contributed by atoms with E-state index < -0.39 is 34.8 Å². The lowest BCUT2D eigenvalue weighted by Gasteiger charge is -2.30. The largest absolute Gasteiger partial charge is 0.478 e. The molecule has 3 aromatic carbocycles. The van der Waals surface area contributed by atoms with E-state index in [9.17, 15) is 29.1 Å². The zero-order valence-electron chi connectivity index (χ0n) is 28.0. The number of nitrogens with zero attached hydrogens (tertiary/aromatic N) is 1. The highest BCUT2D eigenvalue weighted by molar-refractivity contribution is 8.00. The second kappa shape index (κ2) is 15.6. The topological polar surface area (TPSA) is 151 Å². The van der Waals surface area contributed by atoms with E-state index >= 15 is 0 Å². The minimum Gasteiger partial charge on any atom is -0.478 e. The lowest BCUT2D eigenvalue weighted by atomic mass is 10.0. The summed E-state index contributed by atoms with van der Waals surface area (Å²) in [6.07, 6.45) is -0.0635. The maximum Gasteiger partial charge on any atom is 0.410 e. The van der Waals surface area contributed by atoms with Gasteiger partial charge in [0.1, 0.15) is 15.9 Å². The first-order chi connectivity index (χ1) is 23.8. The Bertz CT molecular complexity index is 1920. The van der Waals surface area contributed by atoms with Crippen LogP contribution in [-0.4, -0.2) is 58.6 Å². The van der Waals surface area contributed by atoms with Gasteiger partial charge in [0.15, 0.2) is 0 Å². The van der Waals surface area contributed by atoms with E-state index in [4.69, 9.17) is 9.47 Å². The van der Waals surface area contributed by atoms with E-state index in [2.05, 4.69) is 10.6 Å². The van der Waals surface area contributed by atoms with Gasteiger partial charge in [-0.05, 0) is 75.6 Å². The van der Waals surface area contributed by atoms with Gasteiger partial charge in [0.2, 0.25) is 5.91 Å². The molecular formula is C37H37N3O8S2. The molecule has 0 aliphatic carbocycles. The minimum absolute atomic E-state index is 0.0184. The van der Waals surface area contributed by atoms with Crippen molar-refractivity contribution in [1.82, 2.24) is 4.90 Å². The van der Waals surface area contributed by atoms with Crippen LogP contribution < -0.4 is 10.6 Å². The fourth-order valence-corrected chi connectivity index (χ4v) is 7.66.